The maximum absolute atomic E-state index is 5.75. The number of rotatable bonds is 7. The summed E-state index contributed by atoms with van der Waals surface area (Å²) in [6, 6.07) is 9.11. The number of hydrogen-bond acceptors (Lipinski definition) is 2. The van der Waals surface area contributed by atoms with Gasteiger partial charge in [-0.05, 0) is 37.4 Å². The van der Waals surface area contributed by atoms with Crippen LogP contribution in [0.4, 0.5) is 0 Å². The Labute approximate surface area is 112 Å². The number of ether oxygens (including phenoxy) is 1. The van der Waals surface area contributed by atoms with E-state index in [9.17, 15) is 0 Å². The zero-order chi connectivity index (χ0) is 13.6. The molecule has 1 aromatic carbocycles. The van der Waals surface area contributed by atoms with Crippen LogP contribution in [0.5, 0.6) is 0 Å². The largest absolute Gasteiger partial charge is 0.377 e. The summed E-state index contributed by atoms with van der Waals surface area (Å²) in [5.41, 5.74) is 2.52. The maximum Gasteiger partial charge on any atom is 0.0841 e. The summed E-state index contributed by atoms with van der Waals surface area (Å²) in [5, 5.41) is 3.55. The van der Waals surface area contributed by atoms with Crippen LogP contribution in [0.1, 0.15) is 51.3 Å². The van der Waals surface area contributed by atoms with Gasteiger partial charge < -0.3 is 10.1 Å². The summed E-state index contributed by atoms with van der Waals surface area (Å²) in [7, 11) is 1.80. The van der Waals surface area contributed by atoms with E-state index < -0.39 is 0 Å². The van der Waals surface area contributed by atoms with Crippen molar-refractivity contribution in [1.82, 2.24) is 5.32 Å². The molecule has 0 radical (unpaired) electrons. The molecule has 0 saturated heterocycles. The molecule has 0 aliphatic heterocycles. The molecule has 0 saturated carbocycles. The molecule has 2 unspecified atom stereocenters. The van der Waals surface area contributed by atoms with Crippen molar-refractivity contribution in [3.05, 3.63) is 35.4 Å². The Morgan fingerprint density at radius 2 is 1.78 bits per heavy atom. The molecule has 2 heteroatoms. The molecular formula is C16H27NO. The van der Waals surface area contributed by atoms with Crippen LogP contribution in [0.15, 0.2) is 24.3 Å². The quantitative estimate of drug-likeness (QED) is 0.795. The van der Waals surface area contributed by atoms with Gasteiger partial charge in [-0.1, -0.05) is 45.0 Å². The van der Waals surface area contributed by atoms with Crippen molar-refractivity contribution in [2.45, 2.75) is 52.2 Å². The minimum atomic E-state index is -0.163. The average Bonchev–Trinajstić information content (AvgIpc) is 2.44. The maximum atomic E-state index is 5.75. The van der Waals surface area contributed by atoms with Crippen LogP contribution >= 0.6 is 0 Å². The molecule has 1 N–H and O–H groups in total. The second-order valence-corrected chi connectivity index (χ2v) is 4.96. The standard InChI is InChI=1S/C16H27NO/c1-6-13-9-11-14(12-10-13)15(17-8-3)16(4,7-2)18-5/h9-12,15,17H,6-8H2,1-5H3. The topological polar surface area (TPSA) is 21.3 Å². The summed E-state index contributed by atoms with van der Waals surface area (Å²) in [4.78, 5) is 0. The Bertz CT molecular complexity index is 341. The Morgan fingerprint density at radius 1 is 1.17 bits per heavy atom. The van der Waals surface area contributed by atoms with Gasteiger partial charge in [0.2, 0.25) is 0 Å². The van der Waals surface area contributed by atoms with Crippen LogP contribution in [-0.2, 0) is 11.2 Å². The zero-order valence-corrected chi connectivity index (χ0v) is 12.4. The van der Waals surface area contributed by atoms with Gasteiger partial charge in [-0.25, -0.2) is 0 Å². The van der Waals surface area contributed by atoms with Gasteiger partial charge in [0.25, 0.3) is 0 Å². The number of likely N-dealkylation sites (N-methyl/N-ethyl adjacent to an activating group) is 1. The van der Waals surface area contributed by atoms with Crippen LogP contribution in [0.2, 0.25) is 0 Å². The van der Waals surface area contributed by atoms with E-state index in [1.807, 2.05) is 0 Å². The SMILES string of the molecule is CCNC(c1ccc(CC)cc1)C(C)(CC)OC. The Morgan fingerprint density at radius 3 is 2.17 bits per heavy atom. The first-order chi connectivity index (χ1) is 8.61. The van der Waals surface area contributed by atoms with Gasteiger partial charge in [-0.3, -0.25) is 0 Å². The lowest BCUT2D eigenvalue weighted by Gasteiger charge is -2.36. The minimum absolute atomic E-state index is 0.163. The van der Waals surface area contributed by atoms with E-state index >= 15 is 0 Å². The summed E-state index contributed by atoms with van der Waals surface area (Å²) in [6.07, 6.45) is 2.07. The van der Waals surface area contributed by atoms with Gasteiger partial charge >= 0.3 is 0 Å². The molecule has 102 valence electrons. The smallest absolute Gasteiger partial charge is 0.0841 e. The highest BCUT2D eigenvalue weighted by molar-refractivity contribution is 5.27. The molecule has 1 aromatic rings. The fourth-order valence-electron chi connectivity index (χ4n) is 2.30. The van der Waals surface area contributed by atoms with Crippen molar-refractivity contribution in [3.63, 3.8) is 0 Å². The Kier molecular flexibility index (Phi) is 5.83. The van der Waals surface area contributed by atoms with E-state index in [1.54, 1.807) is 7.11 Å². The third-order valence-electron chi connectivity index (χ3n) is 3.91. The van der Waals surface area contributed by atoms with Crippen molar-refractivity contribution in [3.8, 4) is 0 Å². The molecule has 0 heterocycles. The molecule has 0 aliphatic rings. The number of methoxy groups -OCH3 is 1. The molecule has 0 spiro atoms. The Hall–Kier alpha value is -0.860. The fraction of sp³-hybridized carbons (Fsp3) is 0.625. The number of benzene rings is 1. The van der Waals surface area contributed by atoms with E-state index in [2.05, 4.69) is 57.3 Å². The highest BCUT2D eigenvalue weighted by Crippen LogP contribution is 2.31. The van der Waals surface area contributed by atoms with E-state index in [1.165, 1.54) is 11.1 Å². The summed E-state index contributed by atoms with van der Waals surface area (Å²) < 4.78 is 5.75. The molecule has 0 aromatic heterocycles. The molecule has 0 aliphatic carbocycles. The highest BCUT2D eigenvalue weighted by atomic mass is 16.5. The summed E-state index contributed by atoms with van der Waals surface area (Å²) >= 11 is 0. The van der Waals surface area contributed by atoms with Crippen molar-refractivity contribution in [2.75, 3.05) is 13.7 Å². The fourth-order valence-corrected chi connectivity index (χ4v) is 2.30. The van der Waals surface area contributed by atoms with Crippen LogP contribution in [0.3, 0.4) is 0 Å². The zero-order valence-electron chi connectivity index (χ0n) is 12.4. The van der Waals surface area contributed by atoms with Gasteiger partial charge in [-0.2, -0.15) is 0 Å². The summed E-state index contributed by atoms with van der Waals surface area (Å²) in [5.74, 6) is 0. The van der Waals surface area contributed by atoms with Crippen LogP contribution < -0.4 is 5.32 Å². The molecule has 1 rings (SSSR count). The van der Waals surface area contributed by atoms with Crippen molar-refractivity contribution in [2.24, 2.45) is 0 Å². The predicted molar refractivity (Wildman–Crippen MR) is 77.9 cm³/mol. The number of aryl methyl sites for hydroxylation is 1. The van der Waals surface area contributed by atoms with Crippen LogP contribution in [0, 0.1) is 0 Å². The third kappa shape index (κ3) is 3.33. The minimum Gasteiger partial charge on any atom is -0.377 e. The second kappa shape index (κ2) is 6.91. The van der Waals surface area contributed by atoms with Gasteiger partial charge in [0, 0.05) is 7.11 Å². The van der Waals surface area contributed by atoms with Gasteiger partial charge in [0.15, 0.2) is 0 Å². The lowest BCUT2D eigenvalue weighted by atomic mass is 9.87. The molecular weight excluding hydrogens is 222 g/mol. The van der Waals surface area contributed by atoms with E-state index in [0.717, 1.165) is 19.4 Å². The molecule has 0 bridgehead atoms. The average molecular weight is 249 g/mol. The van der Waals surface area contributed by atoms with Crippen molar-refractivity contribution >= 4 is 0 Å². The number of nitrogens with one attached hydrogen (secondary N) is 1. The number of hydrogen-bond donors (Lipinski definition) is 1. The van der Waals surface area contributed by atoms with Crippen molar-refractivity contribution in [1.29, 1.82) is 0 Å². The Balaban J connectivity index is 3.02. The van der Waals surface area contributed by atoms with E-state index in [4.69, 9.17) is 4.74 Å². The second-order valence-electron chi connectivity index (χ2n) is 4.96. The molecule has 18 heavy (non-hydrogen) atoms. The van der Waals surface area contributed by atoms with Gasteiger partial charge in [0.05, 0.1) is 11.6 Å². The predicted octanol–water partition coefficient (Wildman–Crippen LogP) is 3.71. The third-order valence-corrected chi connectivity index (χ3v) is 3.91. The van der Waals surface area contributed by atoms with Crippen molar-refractivity contribution < 1.29 is 4.74 Å². The van der Waals surface area contributed by atoms with Gasteiger partial charge in [-0.15, -0.1) is 0 Å². The van der Waals surface area contributed by atoms with E-state index in [0.29, 0.717) is 0 Å². The monoisotopic (exact) mass is 249 g/mol. The molecule has 2 atom stereocenters. The first-order valence-corrected chi connectivity index (χ1v) is 6.98. The first-order valence-electron chi connectivity index (χ1n) is 6.98. The normalized spacial score (nSPS) is 16.3. The van der Waals surface area contributed by atoms with E-state index in [-0.39, 0.29) is 11.6 Å². The summed E-state index contributed by atoms with van der Waals surface area (Å²) in [6.45, 7) is 9.61. The van der Waals surface area contributed by atoms with Crippen LogP contribution in [-0.4, -0.2) is 19.3 Å². The molecule has 0 amide bonds. The highest BCUT2D eigenvalue weighted by Gasteiger charge is 2.33. The van der Waals surface area contributed by atoms with Gasteiger partial charge in [0.1, 0.15) is 0 Å². The first kappa shape index (κ1) is 15.2. The lowest BCUT2D eigenvalue weighted by molar-refractivity contribution is -0.0295. The molecule has 2 nitrogen and oxygen atoms in total. The lowest BCUT2D eigenvalue weighted by Crippen LogP contribution is -2.42. The van der Waals surface area contributed by atoms with Crippen LogP contribution in [0.25, 0.3) is 0 Å². The molecule has 0 fully saturated rings.